The zero-order chi connectivity index (χ0) is 14.4. The summed E-state index contributed by atoms with van der Waals surface area (Å²) in [5, 5.41) is 3.34. The second kappa shape index (κ2) is 4.92. The summed E-state index contributed by atoms with van der Waals surface area (Å²) in [4.78, 5) is 3.87. The number of nitrogens with zero attached hydrogens (tertiary/aromatic N) is 1. The molecule has 3 heteroatoms. The maximum absolute atomic E-state index is 14.1. The van der Waals surface area contributed by atoms with Gasteiger partial charge in [-0.1, -0.05) is 24.3 Å². The van der Waals surface area contributed by atoms with Crippen LogP contribution >= 0.6 is 0 Å². The fraction of sp³-hybridized carbons (Fsp3) is 0.389. The lowest BCUT2D eigenvalue weighted by Gasteiger charge is -2.17. The molecule has 1 fully saturated rings. The molecule has 4 atom stereocenters. The molecule has 2 nitrogen and oxygen atoms in total. The minimum atomic E-state index is -0.200. The second-order valence-corrected chi connectivity index (χ2v) is 6.17. The summed E-state index contributed by atoms with van der Waals surface area (Å²) in [7, 11) is 1.93. The largest absolute Gasteiger partial charge is 0.313 e. The number of pyridine rings is 1. The molecule has 2 aromatic rings. The topological polar surface area (TPSA) is 24.9 Å². The number of rotatable bonds is 3. The van der Waals surface area contributed by atoms with Gasteiger partial charge in [-0.2, -0.15) is 0 Å². The number of aromatic nitrogens is 1. The quantitative estimate of drug-likeness (QED) is 0.932. The number of nitrogens with one attached hydrogen (secondary N) is 1. The SMILES string of the molecule is CNC(c1ccncc1F)C1C2CCc3ccccc3C21. The van der Waals surface area contributed by atoms with Crippen molar-refractivity contribution >= 4 is 0 Å². The van der Waals surface area contributed by atoms with E-state index >= 15 is 0 Å². The van der Waals surface area contributed by atoms with E-state index in [1.807, 2.05) is 13.1 Å². The van der Waals surface area contributed by atoms with E-state index < -0.39 is 0 Å². The number of halogens is 1. The Kier molecular flexibility index (Phi) is 3.03. The van der Waals surface area contributed by atoms with E-state index in [0.717, 1.165) is 12.0 Å². The molecule has 2 aliphatic rings. The van der Waals surface area contributed by atoms with E-state index in [9.17, 15) is 4.39 Å². The average molecular weight is 282 g/mol. The Bertz CT molecular complexity index is 670. The van der Waals surface area contributed by atoms with Gasteiger partial charge in [-0.3, -0.25) is 4.98 Å². The van der Waals surface area contributed by atoms with E-state index in [2.05, 4.69) is 34.6 Å². The van der Waals surface area contributed by atoms with Crippen LogP contribution in [-0.2, 0) is 6.42 Å². The van der Waals surface area contributed by atoms with Crippen molar-refractivity contribution in [1.82, 2.24) is 10.3 Å². The maximum Gasteiger partial charge on any atom is 0.146 e. The summed E-state index contributed by atoms with van der Waals surface area (Å²) in [6, 6.07) is 10.6. The number of aryl methyl sites for hydroxylation is 1. The number of hydrogen-bond acceptors (Lipinski definition) is 2. The molecule has 0 saturated heterocycles. The zero-order valence-corrected chi connectivity index (χ0v) is 12.1. The molecule has 1 aromatic carbocycles. The zero-order valence-electron chi connectivity index (χ0n) is 12.1. The molecular weight excluding hydrogens is 263 g/mol. The highest BCUT2D eigenvalue weighted by Gasteiger charge is 2.56. The van der Waals surface area contributed by atoms with Crippen molar-refractivity contribution in [1.29, 1.82) is 0 Å². The molecule has 4 unspecified atom stereocenters. The fourth-order valence-corrected chi connectivity index (χ4v) is 4.27. The first-order valence-electron chi connectivity index (χ1n) is 7.65. The van der Waals surface area contributed by atoms with Crippen LogP contribution < -0.4 is 5.32 Å². The number of fused-ring (bicyclic) bond motifs is 3. The first-order valence-corrected chi connectivity index (χ1v) is 7.65. The van der Waals surface area contributed by atoms with Crippen LogP contribution in [0.15, 0.2) is 42.7 Å². The Morgan fingerprint density at radius 1 is 1.29 bits per heavy atom. The smallest absolute Gasteiger partial charge is 0.146 e. The van der Waals surface area contributed by atoms with E-state index in [4.69, 9.17) is 0 Å². The third-order valence-corrected chi connectivity index (χ3v) is 5.23. The fourth-order valence-electron chi connectivity index (χ4n) is 4.27. The third-order valence-electron chi connectivity index (χ3n) is 5.23. The predicted octanol–water partition coefficient (Wildman–Crippen LogP) is 3.46. The molecular formula is C18H19FN2. The van der Waals surface area contributed by atoms with Crippen molar-refractivity contribution in [3.05, 3.63) is 65.2 Å². The van der Waals surface area contributed by atoms with Crippen LogP contribution in [0.4, 0.5) is 4.39 Å². The molecule has 1 saturated carbocycles. The summed E-state index contributed by atoms with van der Waals surface area (Å²) in [6.45, 7) is 0. The van der Waals surface area contributed by atoms with Gasteiger partial charge in [-0.25, -0.2) is 4.39 Å². The van der Waals surface area contributed by atoms with Crippen LogP contribution in [0.3, 0.4) is 0 Å². The predicted molar refractivity (Wildman–Crippen MR) is 80.5 cm³/mol. The van der Waals surface area contributed by atoms with Crippen molar-refractivity contribution in [3.63, 3.8) is 0 Å². The first kappa shape index (κ1) is 13.0. The molecule has 1 N–H and O–H groups in total. The highest BCUT2D eigenvalue weighted by Crippen LogP contribution is 2.64. The summed E-state index contributed by atoms with van der Waals surface area (Å²) in [5.74, 6) is 1.56. The van der Waals surface area contributed by atoms with Crippen LogP contribution in [0, 0.1) is 17.7 Å². The Hall–Kier alpha value is -1.74. The summed E-state index contributed by atoms with van der Waals surface area (Å²) in [6.07, 6.45) is 5.38. The van der Waals surface area contributed by atoms with Gasteiger partial charge in [-0.15, -0.1) is 0 Å². The van der Waals surface area contributed by atoms with Gasteiger partial charge in [-0.05, 0) is 54.8 Å². The molecule has 21 heavy (non-hydrogen) atoms. The molecule has 1 aromatic heterocycles. The molecule has 108 valence electrons. The Balaban J connectivity index is 1.68. The molecule has 0 amide bonds. The van der Waals surface area contributed by atoms with Crippen molar-refractivity contribution < 1.29 is 4.39 Å². The minimum Gasteiger partial charge on any atom is -0.313 e. The molecule has 2 aliphatic carbocycles. The highest BCUT2D eigenvalue weighted by molar-refractivity contribution is 5.41. The van der Waals surface area contributed by atoms with Gasteiger partial charge >= 0.3 is 0 Å². The normalized spacial score (nSPS) is 27.6. The highest BCUT2D eigenvalue weighted by atomic mass is 19.1. The van der Waals surface area contributed by atoms with Crippen molar-refractivity contribution in [2.75, 3.05) is 7.05 Å². The van der Waals surface area contributed by atoms with Gasteiger partial charge in [0.05, 0.1) is 6.20 Å². The maximum atomic E-state index is 14.1. The summed E-state index contributed by atoms with van der Waals surface area (Å²) >= 11 is 0. The van der Waals surface area contributed by atoms with E-state index in [1.54, 1.807) is 6.20 Å². The molecule has 0 aliphatic heterocycles. The third kappa shape index (κ3) is 1.99. The molecule has 4 rings (SSSR count). The summed E-state index contributed by atoms with van der Waals surface area (Å²) < 4.78 is 14.1. The average Bonchev–Trinajstić information content (AvgIpc) is 3.25. The van der Waals surface area contributed by atoms with Gasteiger partial charge in [0, 0.05) is 17.8 Å². The lowest BCUT2D eigenvalue weighted by atomic mass is 9.92. The van der Waals surface area contributed by atoms with Crippen LogP contribution in [0.1, 0.15) is 35.1 Å². The first-order chi connectivity index (χ1) is 10.3. The Labute approximate surface area is 124 Å². The lowest BCUT2D eigenvalue weighted by molar-refractivity contribution is 0.459. The lowest BCUT2D eigenvalue weighted by Crippen LogP contribution is -2.21. The monoisotopic (exact) mass is 282 g/mol. The van der Waals surface area contributed by atoms with Crippen LogP contribution in [0.25, 0.3) is 0 Å². The van der Waals surface area contributed by atoms with Crippen LogP contribution in [0.5, 0.6) is 0 Å². The van der Waals surface area contributed by atoms with Gasteiger partial charge in [0.1, 0.15) is 5.82 Å². The summed E-state index contributed by atoms with van der Waals surface area (Å²) in [5.41, 5.74) is 3.71. The van der Waals surface area contributed by atoms with Gasteiger partial charge in [0.15, 0.2) is 0 Å². The minimum absolute atomic E-state index is 0.0779. The molecule has 0 bridgehead atoms. The van der Waals surface area contributed by atoms with Gasteiger partial charge < -0.3 is 5.32 Å². The number of benzene rings is 1. The van der Waals surface area contributed by atoms with E-state index in [-0.39, 0.29) is 11.9 Å². The molecule has 0 radical (unpaired) electrons. The van der Waals surface area contributed by atoms with Crippen LogP contribution in [0.2, 0.25) is 0 Å². The van der Waals surface area contributed by atoms with E-state index in [1.165, 1.54) is 23.7 Å². The van der Waals surface area contributed by atoms with Crippen molar-refractivity contribution in [2.45, 2.75) is 24.8 Å². The van der Waals surface area contributed by atoms with E-state index in [0.29, 0.717) is 17.8 Å². The molecule has 0 spiro atoms. The van der Waals surface area contributed by atoms with Gasteiger partial charge in [0.25, 0.3) is 0 Å². The second-order valence-electron chi connectivity index (χ2n) is 6.17. The van der Waals surface area contributed by atoms with Crippen molar-refractivity contribution in [3.8, 4) is 0 Å². The van der Waals surface area contributed by atoms with Crippen LogP contribution in [-0.4, -0.2) is 12.0 Å². The van der Waals surface area contributed by atoms with Crippen molar-refractivity contribution in [2.24, 2.45) is 11.8 Å². The Morgan fingerprint density at radius 2 is 2.14 bits per heavy atom. The number of hydrogen-bond donors (Lipinski definition) is 1. The van der Waals surface area contributed by atoms with Gasteiger partial charge in [0.2, 0.25) is 0 Å². The molecule has 1 heterocycles. The Morgan fingerprint density at radius 3 is 2.95 bits per heavy atom. The standard InChI is InChI=1S/C18H19FN2/c1-20-18(13-8-9-21-10-15(13)19)17-14-7-6-11-4-2-3-5-12(11)16(14)17/h2-5,8-10,14,16-18,20H,6-7H2,1H3.